The lowest BCUT2D eigenvalue weighted by Gasteiger charge is -2.02. The highest BCUT2D eigenvalue weighted by molar-refractivity contribution is 7.21. The van der Waals surface area contributed by atoms with E-state index in [-0.39, 0.29) is 10.0 Å². The average molecular weight is 280 g/mol. The van der Waals surface area contributed by atoms with Crippen LogP contribution >= 0.6 is 22.7 Å². The van der Waals surface area contributed by atoms with Crippen molar-refractivity contribution in [3.63, 3.8) is 0 Å². The lowest BCUT2D eigenvalue weighted by molar-refractivity contribution is -0.141. The normalized spacial score (nSPS) is 11.7. The number of nitrogens with zero attached hydrogens (tertiary/aromatic N) is 2. The lowest BCUT2D eigenvalue weighted by Crippen LogP contribution is -2.11. The second-order valence-corrected chi connectivity index (χ2v) is 4.73. The summed E-state index contributed by atoms with van der Waals surface area (Å²) in [6.07, 6.45) is -3.37. The van der Waals surface area contributed by atoms with Gasteiger partial charge in [-0.05, 0) is 0 Å². The van der Waals surface area contributed by atoms with Gasteiger partial charge in [0.1, 0.15) is 4.88 Å². The first-order chi connectivity index (χ1) is 7.89. The first-order valence-electron chi connectivity index (χ1n) is 4.11. The number of carboxylic acid groups (broad SMARTS) is 1. The summed E-state index contributed by atoms with van der Waals surface area (Å²) in [6, 6.07) is 0. The van der Waals surface area contributed by atoms with Gasteiger partial charge in [0.15, 0.2) is 15.7 Å². The standard InChI is InChI=1S/C8H3F3N2O2S2/c9-8(10,11)4-3(7(14)15)17-6(13-4)5-12-1-2-16-5/h1-2H,(H,14,15). The molecule has 0 radical (unpaired) electrons. The van der Waals surface area contributed by atoms with Gasteiger partial charge in [0, 0.05) is 11.6 Å². The molecule has 0 spiro atoms. The Bertz CT molecular complexity index is 548. The summed E-state index contributed by atoms with van der Waals surface area (Å²) in [5.41, 5.74) is -1.37. The molecule has 0 saturated carbocycles. The zero-order valence-electron chi connectivity index (χ0n) is 7.85. The van der Waals surface area contributed by atoms with Gasteiger partial charge in [-0.1, -0.05) is 0 Å². The zero-order valence-corrected chi connectivity index (χ0v) is 9.49. The van der Waals surface area contributed by atoms with Crippen molar-refractivity contribution in [1.82, 2.24) is 9.97 Å². The highest BCUT2D eigenvalue weighted by atomic mass is 32.1. The van der Waals surface area contributed by atoms with Crippen LogP contribution in [-0.2, 0) is 6.18 Å². The molecule has 0 saturated heterocycles. The van der Waals surface area contributed by atoms with Crippen LogP contribution in [0, 0.1) is 0 Å². The molecule has 0 aliphatic rings. The minimum absolute atomic E-state index is 0.0373. The molecule has 0 amide bonds. The molecule has 2 heterocycles. The molecule has 0 aromatic carbocycles. The number of carbonyl (C=O) groups is 1. The number of alkyl halides is 3. The van der Waals surface area contributed by atoms with Crippen LogP contribution in [0.2, 0.25) is 0 Å². The number of carboxylic acids is 1. The fourth-order valence-corrected chi connectivity index (χ4v) is 2.68. The molecule has 4 nitrogen and oxygen atoms in total. The minimum atomic E-state index is -4.78. The molecule has 2 rings (SSSR count). The van der Waals surface area contributed by atoms with Gasteiger partial charge in [-0.2, -0.15) is 13.2 Å². The number of aromatic carboxylic acids is 1. The molecule has 1 N–H and O–H groups in total. The Kier molecular flexibility index (Phi) is 2.87. The Hall–Kier alpha value is -1.48. The number of hydrogen-bond donors (Lipinski definition) is 1. The van der Waals surface area contributed by atoms with E-state index in [9.17, 15) is 18.0 Å². The number of rotatable bonds is 2. The fraction of sp³-hybridized carbons (Fsp3) is 0.125. The van der Waals surface area contributed by atoms with Crippen molar-refractivity contribution in [2.45, 2.75) is 6.18 Å². The molecular formula is C8H3F3N2O2S2. The summed E-state index contributed by atoms with van der Waals surface area (Å²) in [5, 5.41) is 10.5. The van der Waals surface area contributed by atoms with Gasteiger partial charge in [0.25, 0.3) is 0 Å². The van der Waals surface area contributed by atoms with Crippen LogP contribution in [0.3, 0.4) is 0 Å². The third-order valence-corrected chi connectivity index (χ3v) is 3.66. The quantitative estimate of drug-likeness (QED) is 0.918. The summed E-state index contributed by atoms with van der Waals surface area (Å²) in [7, 11) is 0. The number of thiazole rings is 2. The van der Waals surface area contributed by atoms with Crippen LogP contribution < -0.4 is 0 Å². The van der Waals surface area contributed by atoms with Crippen molar-refractivity contribution in [2.24, 2.45) is 0 Å². The van der Waals surface area contributed by atoms with E-state index < -0.39 is 22.7 Å². The lowest BCUT2D eigenvalue weighted by atomic mass is 10.3. The monoisotopic (exact) mass is 280 g/mol. The maximum atomic E-state index is 12.5. The van der Waals surface area contributed by atoms with E-state index >= 15 is 0 Å². The van der Waals surface area contributed by atoms with Gasteiger partial charge in [0.2, 0.25) is 0 Å². The van der Waals surface area contributed by atoms with Crippen molar-refractivity contribution >= 4 is 28.6 Å². The second kappa shape index (κ2) is 4.08. The van der Waals surface area contributed by atoms with Gasteiger partial charge < -0.3 is 5.11 Å². The molecule has 17 heavy (non-hydrogen) atoms. The summed E-state index contributed by atoms with van der Waals surface area (Å²) < 4.78 is 37.6. The van der Waals surface area contributed by atoms with Crippen LogP contribution in [0.15, 0.2) is 11.6 Å². The van der Waals surface area contributed by atoms with Crippen molar-refractivity contribution < 1.29 is 23.1 Å². The number of halogens is 3. The largest absolute Gasteiger partial charge is 0.477 e. The van der Waals surface area contributed by atoms with Crippen LogP contribution in [0.1, 0.15) is 15.4 Å². The van der Waals surface area contributed by atoms with Crippen LogP contribution in [-0.4, -0.2) is 21.0 Å². The summed E-state index contributed by atoms with van der Waals surface area (Å²) in [4.78, 5) is 17.0. The van der Waals surface area contributed by atoms with Crippen molar-refractivity contribution in [2.75, 3.05) is 0 Å². The van der Waals surface area contributed by atoms with Crippen LogP contribution in [0.5, 0.6) is 0 Å². The fourth-order valence-electron chi connectivity index (χ4n) is 1.08. The predicted molar refractivity (Wildman–Crippen MR) is 55.2 cm³/mol. The third kappa shape index (κ3) is 2.29. The molecule has 2 aromatic heterocycles. The highest BCUT2D eigenvalue weighted by Gasteiger charge is 2.40. The molecule has 0 atom stereocenters. The summed E-state index contributed by atoms with van der Waals surface area (Å²) in [6.45, 7) is 0. The first-order valence-corrected chi connectivity index (χ1v) is 5.80. The minimum Gasteiger partial charge on any atom is -0.477 e. The Morgan fingerprint density at radius 1 is 1.35 bits per heavy atom. The van der Waals surface area contributed by atoms with E-state index in [0.717, 1.165) is 11.3 Å². The van der Waals surface area contributed by atoms with Crippen molar-refractivity contribution in [3.8, 4) is 10.0 Å². The molecular weight excluding hydrogens is 277 g/mol. The topological polar surface area (TPSA) is 63.1 Å². The molecule has 90 valence electrons. The molecule has 0 unspecified atom stereocenters. The number of aromatic nitrogens is 2. The average Bonchev–Trinajstić information content (AvgIpc) is 2.85. The maximum absolute atomic E-state index is 12.5. The van der Waals surface area contributed by atoms with Gasteiger partial charge in [-0.25, -0.2) is 14.8 Å². The van der Waals surface area contributed by atoms with Crippen molar-refractivity contribution in [1.29, 1.82) is 0 Å². The van der Waals surface area contributed by atoms with Gasteiger partial charge in [0.05, 0.1) is 0 Å². The SMILES string of the molecule is O=C(O)c1sc(-c2nccs2)nc1C(F)(F)F. The molecule has 9 heteroatoms. The van der Waals surface area contributed by atoms with E-state index in [4.69, 9.17) is 5.11 Å². The molecule has 0 aliphatic heterocycles. The Morgan fingerprint density at radius 2 is 2.06 bits per heavy atom. The van der Waals surface area contributed by atoms with E-state index in [1.54, 1.807) is 5.38 Å². The molecule has 2 aromatic rings. The third-order valence-electron chi connectivity index (χ3n) is 1.71. The highest BCUT2D eigenvalue weighted by Crippen LogP contribution is 2.37. The van der Waals surface area contributed by atoms with Crippen LogP contribution in [0.4, 0.5) is 13.2 Å². The number of hydrogen-bond acceptors (Lipinski definition) is 5. The van der Waals surface area contributed by atoms with Gasteiger partial charge >= 0.3 is 12.1 Å². The smallest absolute Gasteiger partial charge is 0.435 e. The Balaban J connectivity index is 2.56. The Morgan fingerprint density at radius 3 is 2.47 bits per heavy atom. The molecule has 0 fully saturated rings. The first kappa shape index (κ1) is 12.0. The Labute approximate surface area is 100 Å². The summed E-state index contributed by atoms with van der Waals surface area (Å²) in [5.74, 6) is -1.64. The second-order valence-electron chi connectivity index (χ2n) is 2.84. The predicted octanol–water partition coefficient (Wildman–Crippen LogP) is 2.98. The molecule has 0 bridgehead atoms. The van der Waals surface area contributed by atoms with Crippen LogP contribution in [0.25, 0.3) is 10.0 Å². The molecule has 0 aliphatic carbocycles. The zero-order chi connectivity index (χ0) is 12.6. The van der Waals surface area contributed by atoms with E-state index in [1.807, 2.05) is 0 Å². The van der Waals surface area contributed by atoms with Gasteiger partial charge in [-0.3, -0.25) is 0 Å². The van der Waals surface area contributed by atoms with E-state index in [0.29, 0.717) is 11.3 Å². The van der Waals surface area contributed by atoms with E-state index in [2.05, 4.69) is 9.97 Å². The van der Waals surface area contributed by atoms with E-state index in [1.165, 1.54) is 6.20 Å². The van der Waals surface area contributed by atoms with Gasteiger partial charge in [-0.15, -0.1) is 22.7 Å². The maximum Gasteiger partial charge on any atom is 0.435 e. The van der Waals surface area contributed by atoms with Crippen molar-refractivity contribution in [3.05, 3.63) is 22.1 Å². The summed E-state index contributed by atoms with van der Waals surface area (Å²) >= 11 is 1.57.